The van der Waals surface area contributed by atoms with Gasteiger partial charge in [-0.25, -0.2) is 0 Å². The zero-order valence-electron chi connectivity index (χ0n) is 13.2. The Kier molecular flexibility index (Phi) is 8.09. The van der Waals surface area contributed by atoms with Gasteiger partial charge < -0.3 is 19.3 Å². The normalized spacial score (nSPS) is 11.8. The van der Waals surface area contributed by atoms with Gasteiger partial charge in [-0.05, 0) is 37.0 Å². The first-order valence-electron chi connectivity index (χ1n) is 7.23. The smallest absolute Gasteiger partial charge is 0.306 e. The van der Waals surface area contributed by atoms with Crippen LogP contribution in [-0.2, 0) is 10.1 Å². The number of hydrogen-bond acceptors (Lipinski definition) is 4. The highest BCUT2D eigenvalue weighted by Gasteiger charge is 2.16. The van der Waals surface area contributed by atoms with Crippen molar-refractivity contribution >= 4 is 21.9 Å². The Bertz CT molecular complexity index is 464. The maximum absolute atomic E-state index is 11.0. The summed E-state index contributed by atoms with van der Waals surface area (Å²) in [7, 11) is 3.16. The van der Waals surface area contributed by atoms with Gasteiger partial charge in [0.25, 0.3) is 0 Å². The van der Waals surface area contributed by atoms with E-state index >= 15 is 0 Å². The van der Waals surface area contributed by atoms with E-state index in [-0.39, 0.29) is 5.92 Å². The minimum absolute atomic E-state index is 0.317. The van der Waals surface area contributed by atoms with Crippen molar-refractivity contribution in [1.82, 2.24) is 0 Å². The molecular formula is C16H23BrO5. The molecule has 1 aromatic rings. The summed E-state index contributed by atoms with van der Waals surface area (Å²) in [5, 5.41) is 9.72. The van der Waals surface area contributed by atoms with Crippen LogP contribution in [0.5, 0.6) is 17.2 Å². The predicted octanol–water partition coefficient (Wildman–Crippen LogP) is 3.87. The summed E-state index contributed by atoms with van der Waals surface area (Å²) in [5.41, 5.74) is 1.03. The standard InChI is InChI=1S/C16H23BrO5/c1-4-12(16(18)19)6-5-7-22-15-13(20-2)8-11(10-17)9-14(15)21-3/h8-9,12H,4-7,10H2,1-3H3,(H,18,19). The van der Waals surface area contributed by atoms with Crippen molar-refractivity contribution in [3.05, 3.63) is 17.7 Å². The fourth-order valence-electron chi connectivity index (χ4n) is 2.16. The molecule has 0 amide bonds. The van der Waals surface area contributed by atoms with Crippen LogP contribution < -0.4 is 14.2 Å². The van der Waals surface area contributed by atoms with E-state index in [1.807, 2.05) is 19.1 Å². The number of hydrogen-bond donors (Lipinski definition) is 1. The fourth-order valence-corrected chi connectivity index (χ4v) is 2.48. The Morgan fingerprint density at radius 3 is 2.27 bits per heavy atom. The quantitative estimate of drug-likeness (QED) is 0.497. The summed E-state index contributed by atoms with van der Waals surface area (Å²) >= 11 is 3.40. The highest BCUT2D eigenvalue weighted by Crippen LogP contribution is 2.39. The second-order valence-electron chi connectivity index (χ2n) is 4.90. The van der Waals surface area contributed by atoms with E-state index in [2.05, 4.69) is 15.9 Å². The first kappa shape index (κ1) is 18.6. The third-order valence-electron chi connectivity index (χ3n) is 3.46. The van der Waals surface area contributed by atoms with Crippen LogP contribution in [0, 0.1) is 5.92 Å². The summed E-state index contributed by atoms with van der Waals surface area (Å²) in [6.07, 6.45) is 1.88. The number of alkyl halides is 1. The van der Waals surface area contributed by atoms with Crippen LogP contribution in [0.1, 0.15) is 31.7 Å². The Morgan fingerprint density at radius 1 is 1.27 bits per heavy atom. The molecule has 0 bridgehead atoms. The maximum Gasteiger partial charge on any atom is 0.306 e. The highest BCUT2D eigenvalue weighted by molar-refractivity contribution is 9.08. The van der Waals surface area contributed by atoms with E-state index in [9.17, 15) is 4.79 Å². The van der Waals surface area contributed by atoms with Crippen molar-refractivity contribution in [2.24, 2.45) is 5.92 Å². The van der Waals surface area contributed by atoms with Crippen LogP contribution in [0.25, 0.3) is 0 Å². The molecule has 1 N–H and O–H groups in total. The van der Waals surface area contributed by atoms with E-state index in [0.29, 0.717) is 48.4 Å². The van der Waals surface area contributed by atoms with Crippen molar-refractivity contribution < 1.29 is 24.1 Å². The summed E-state index contributed by atoms with van der Waals surface area (Å²) in [6, 6.07) is 3.78. The minimum atomic E-state index is -0.751. The average Bonchev–Trinajstić information content (AvgIpc) is 2.53. The van der Waals surface area contributed by atoms with Gasteiger partial charge in [0.05, 0.1) is 26.7 Å². The summed E-state index contributed by atoms with van der Waals surface area (Å²) < 4.78 is 16.5. The van der Waals surface area contributed by atoms with Crippen LogP contribution in [0.2, 0.25) is 0 Å². The molecule has 0 aromatic heterocycles. The molecule has 1 atom stereocenters. The first-order valence-corrected chi connectivity index (χ1v) is 8.35. The molecule has 0 aliphatic rings. The predicted molar refractivity (Wildman–Crippen MR) is 88.3 cm³/mol. The van der Waals surface area contributed by atoms with Crippen LogP contribution in [0.3, 0.4) is 0 Å². The molecular weight excluding hydrogens is 352 g/mol. The zero-order chi connectivity index (χ0) is 16.5. The van der Waals surface area contributed by atoms with Crippen molar-refractivity contribution in [3.8, 4) is 17.2 Å². The van der Waals surface area contributed by atoms with Gasteiger partial charge in [-0.3, -0.25) is 4.79 Å². The lowest BCUT2D eigenvalue weighted by atomic mass is 10.0. The number of rotatable bonds is 10. The van der Waals surface area contributed by atoms with E-state index in [4.69, 9.17) is 19.3 Å². The Balaban J connectivity index is 2.70. The molecule has 1 unspecified atom stereocenters. The lowest BCUT2D eigenvalue weighted by molar-refractivity contribution is -0.142. The van der Waals surface area contributed by atoms with Crippen molar-refractivity contribution in [3.63, 3.8) is 0 Å². The lowest BCUT2D eigenvalue weighted by Gasteiger charge is -2.16. The van der Waals surface area contributed by atoms with Gasteiger partial charge in [0.2, 0.25) is 5.75 Å². The third kappa shape index (κ3) is 5.09. The molecule has 0 aliphatic heterocycles. The monoisotopic (exact) mass is 374 g/mol. The van der Waals surface area contributed by atoms with Gasteiger partial charge in [-0.2, -0.15) is 0 Å². The molecule has 1 rings (SSSR count). The van der Waals surface area contributed by atoms with Crippen molar-refractivity contribution in [2.75, 3.05) is 20.8 Å². The van der Waals surface area contributed by atoms with Gasteiger partial charge in [0, 0.05) is 5.33 Å². The molecule has 5 nitrogen and oxygen atoms in total. The maximum atomic E-state index is 11.0. The first-order chi connectivity index (χ1) is 10.6. The summed E-state index contributed by atoms with van der Waals surface area (Å²) in [4.78, 5) is 11.0. The van der Waals surface area contributed by atoms with Crippen LogP contribution in [0.4, 0.5) is 0 Å². The summed E-state index contributed by atoms with van der Waals surface area (Å²) in [6.45, 7) is 2.30. The number of methoxy groups -OCH3 is 2. The molecule has 0 heterocycles. The number of halogens is 1. The Morgan fingerprint density at radius 2 is 1.86 bits per heavy atom. The van der Waals surface area contributed by atoms with Crippen LogP contribution >= 0.6 is 15.9 Å². The topological polar surface area (TPSA) is 65.0 Å². The molecule has 0 radical (unpaired) electrons. The van der Waals surface area contributed by atoms with Crippen LogP contribution in [-0.4, -0.2) is 31.9 Å². The van der Waals surface area contributed by atoms with Gasteiger partial charge in [0.1, 0.15) is 0 Å². The lowest BCUT2D eigenvalue weighted by Crippen LogP contribution is -2.14. The molecule has 124 valence electrons. The number of carboxylic acid groups (broad SMARTS) is 1. The molecule has 0 spiro atoms. The summed E-state index contributed by atoms with van der Waals surface area (Å²) in [5.74, 6) is 0.707. The number of carboxylic acids is 1. The number of benzene rings is 1. The van der Waals surface area contributed by atoms with Gasteiger partial charge in [0.15, 0.2) is 11.5 Å². The van der Waals surface area contributed by atoms with Gasteiger partial charge in [-0.15, -0.1) is 0 Å². The molecule has 0 saturated heterocycles. The van der Waals surface area contributed by atoms with E-state index in [0.717, 1.165) is 5.56 Å². The third-order valence-corrected chi connectivity index (χ3v) is 4.11. The molecule has 0 fully saturated rings. The average molecular weight is 375 g/mol. The fraction of sp³-hybridized carbons (Fsp3) is 0.562. The minimum Gasteiger partial charge on any atom is -0.493 e. The molecule has 22 heavy (non-hydrogen) atoms. The van der Waals surface area contributed by atoms with Gasteiger partial charge in [-0.1, -0.05) is 22.9 Å². The van der Waals surface area contributed by atoms with Gasteiger partial charge >= 0.3 is 5.97 Å². The molecule has 0 saturated carbocycles. The SMILES string of the molecule is CCC(CCCOc1c(OC)cc(CBr)cc1OC)C(=O)O. The van der Waals surface area contributed by atoms with E-state index in [1.165, 1.54) is 0 Å². The second-order valence-corrected chi connectivity index (χ2v) is 5.46. The zero-order valence-corrected chi connectivity index (χ0v) is 14.8. The van der Waals surface area contributed by atoms with Crippen molar-refractivity contribution in [2.45, 2.75) is 31.5 Å². The molecule has 0 aliphatic carbocycles. The number of carbonyl (C=O) groups is 1. The van der Waals surface area contributed by atoms with E-state index in [1.54, 1.807) is 14.2 Å². The Labute approximate surface area is 139 Å². The largest absolute Gasteiger partial charge is 0.493 e. The Hall–Kier alpha value is -1.43. The van der Waals surface area contributed by atoms with Crippen LogP contribution in [0.15, 0.2) is 12.1 Å². The number of ether oxygens (including phenoxy) is 3. The molecule has 6 heteroatoms. The highest BCUT2D eigenvalue weighted by atomic mass is 79.9. The van der Waals surface area contributed by atoms with Crippen molar-refractivity contribution in [1.29, 1.82) is 0 Å². The second kappa shape index (κ2) is 9.56. The molecule has 1 aromatic carbocycles. The number of aliphatic carboxylic acids is 1. The van der Waals surface area contributed by atoms with E-state index < -0.39 is 5.97 Å².